The molecule has 0 aliphatic heterocycles. The number of aromatic nitrogens is 2. The monoisotopic (exact) mass is 517 g/mol. The smallest absolute Gasteiger partial charge is 0.323 e. The number of amides is 2. The lowest BCUT2D eigenvalue weighted by molar-refractivity contribution is 0.262. The molecule has 0 aliphatic rings. The Bertz CT molecular complexity index is 1360. The van der Waals surface area contributed by atoms with Crippen LogP contribution in [0.15, 0.2) is 54.9 Å². The highest BCUT2D eigenvalue weighted by molar-refractivity contribution is 6.44. The Morgan fingerprint density at radius 2 is 1.50 bits per heavy atom. The SMILES string of the molecule is COc1cc(Nc2ncnc3c(NC(=O)Nc4cc(Cl)c(Cl)cc4Cl)cccc23)cc(OC)c1. The molecule has 0 saturated heterocycles. The molecule has 11 heteroatoms. The van der Waals surface area contributed by atoms with Crippen molar-refractivity contribution in [2.24, 2.45) is 0 Å². The number of carbonyl (C=O) groups is 1. The summed E-state index contributed by atoms with van der Waals surface area (Å²) < 4.78 is 10.6. The first kappa shape index (κ1) is 23.7. The van der Waals surface area contributed by atoms with Gasteiger partial charge < -0.3 is 25.4 Å². The fourth-order valence-corrected chi connectivity index (χ4v) is 3.79. The molecule has 0 saturated carbocycles. The molecule has 0 spiro atoms. The topological polar surface area (TPSA) is 97.4 Å². The van der Waals surface area contributed by atoms with Crippen molar-refractivity contribution in [3.05, 3.63) is 69.9 Å². The second kappa shape index (κ2) is 10.2. The van der Waals surface area contributed by atoms with Gasteiger partial charge in [-0.2, -0.15) is 0 Å². The van der Waals surface area contributed by atoms with Gasteiger partial charge in [0.2, 0.25) is 0 Å². The number of hydrogen-bond acceptors (Lipinski definition) is 6. The summed E-state index contributed by atoms with van der Waals surface area (Å²) in [6.07, 6.45) is 1.40. The number of methoxy groups -OCH3 is 2. The van der Waals surface area contributed by atoms with Crippen LogP contribution in [0.5, 0.6) is 11.5 Å². The Hall–Kier alpha value is -3.46. The molecule has 0 unspecified atom stereocenters. The van der Waals surface area contributed by atoms with Crippen LogP contribution in [0, 0.1) is 0 Å². The van der Waals surface area contributed by atoms with Gasteiger partial charge in [0, 0.05) is 29.3 Å². The van der Waals surface area contributed by atoms with E-state index in [0.29, 0.717) is 45.3 Å². The molecule has 8 nitrogen and oxygen atoms in total. The average Bonchev–Trinajstić information content (AvgIpc) is 2.82. The Balaban J connectivity index is 1.61. The van der Waals surface area contributed by atoms with Gasteiger partial charge in [-0.15, -0.1) is 0 Å². The van der Waals surface area contributed by atoms with Crippen LogP contribution in [-0.2, 0) is 0 Å². The van der Waals surface area contributed by atoms with Crippen LogP contribution in [0.4, 0.5) is 27.7 Å². The van der Waals surface area contributed by atoms with E-state index in [0.717, 1.165) is 0 Å². The lowest BCUT2D eigenvalue weighted by Gasteiger charge is -2.14. The van der Waals surface area contributed by atoms with E-state index in [1.165, 1.54) is 18.5 Å². The van der Waals surface area contributed by atoms with Gasteiger partial charge in [0.15, 0.2) is 0 Å². The molecule has 1 heterocycles. The van der Waals surface area contributed by atoms with Crippen molar-refractivity contribution < 1.29 is 14.3 Å². The molecular formula is C23H18Cl3N5O3. The molecule has 3 aromatic carbocycles. The molecule has 2 amide bonds. The summed E-state index contributed by atoms with van der Waals surface area (Å²) in [5.41, 5.74) is 2.03. The maximum Gasteiger partial charge on any atom is 0.323 e. The Morgan fingerprint density at radius 3 is 2.21 bits per heavy atom. The van der Waals surface area contributed by atoms with Crippen LogP contribution in [0.25, 0.3) is 10.9 Å². The van der Waals surface area contributed by atoms with Crippen LogP contribution >= 0.6 is 34.8 Å². The van der Waals surface area contributed by atoms with Crippen LogP contribution in [0.1, 0.15) is 0 Å². The number of ether oxygens (including phenoxy) is 2. The molecule has 1 aromatic heterocycles. The van der Waals surface area contributed by atoms with E-state index in [9.17, 15) is 4.79 Å². The molecule has 0 fully saturated rings. The predicted molar refractivity (Wildman–Crippen MR) is 136 cm³/mol. The number of urea groups is 1. The van der Waals surface area contributed by atoms with Gasteiger partial charge in [0.1, 0.15) is 23.6 Å². The third-order valence-electron chi connectivity index (χ3n) is 4.79. The summed E-state index contributed by atoms with van der Waals surface area (Å²) in [5, 5.41) is 10.2. The second-order valence-electron chi connectivity index (χ2n) is 6.98. The van der Waals surface area contributed by atoms with Gasteiger partial charge in [-0.25, -0.2) is 14.8 Å². The zero-order chi connectivity index (χ0) is 24.2. The lowest BCUT2D eigenvalue weighted by atomic mass is 10.2. The summed E-state index contributed by atoms with van der Waals surface area (Å²) in [7, 11) is 3.15. The Labute approximate surface area is 210 Å². The van der Waals surface area contributed by atoms with Gasteiger partial charge in [-0.3, -0.25) is 0 Å². The van der Waals surface area contributed by atoms with Gasteiger partial charge in [0.25, 0.3) is 0 Å². The lowest BCUT2D eigenvalue weighted by Crippen LogP contribution is -2.20. The van der Waals surface area contributed by atoms with Crippen molar-refractivity contribution >= 4 is 74.6 Å². The summed E-state index contributed by atoms with van der Waals surface area (Å²) >= 11 is 18.1. The van der Waals surface area contributed by atoms with Crippen LogP contribution in [0.2, 0.25) is 15.1 Å². The minimum absolute atomic E-state index is 0.255. The number of rotatable bonds is 6. The maximum atomic E-state index is 12.6. The highest BCUT2D eigenvalue weighted by Gasteiger charge is 2.13. The summed E-state index contributed by atoms with van der Waals surface area (Å²) in [6, 6.07) is 13.1. The number of halogens is 3. The first-order valence-corrected chi connectivity index (χ1v) is 11.0. The van der Waals surface area contributed by atoms with E-state index in [4.69, 9.17) is 44.3 Å². The van der Waals surface area contributed by atoms with Crippen LogP contribution < -0.4 is 25.4 Å². The van der Waals surface area contributed by atoms with E-state index < -0.39 is 6.03 Å². The van der Waals surface area contributed by atoms with E-state index in [1.54, 1.807) is 32.4 Å². The quantitative estimate of drug-likeness (QED) is 0.238. The van der Waals surface area contributed by atoms with Gasteiger partial charge in [-0.05, 0) is 24.3 Å². The van der Waals surface area contributed by atoms with Crippen LogP contribution in [-0.4, -0.2) is 30.2 Å². The zero-order valence-electron chi connectivity index (χ0n) is 17.9. The summed E-state index contributed by atoms with van der Waals surface area (Å²) in [5.74, 6) is 1.79. The molecule has 4 aromatic rings. The fourth-order valence-electron chi connectivity index (χ4n) is 3.20. The first-order valence-electron chi connectivity index (χ1n) is 9.84. The molecule has 34 heavy (non-hydrogen) atoms. The molecule has 3 N–H and O–H groups in total. The molecule has 0 aliphatic carbocycles. The largest absolute Gasteiger partial charge is 0.497 e. The van der Waals surface area contributed by atoms with E-state index in [2.05, 4.69) is 25.9 Å². The van der Waals surface area contributed by atoms with Crippen molar-refractivity contribution in [1.29, 1.82) is 0 Å². The van der Waals surface area contributed by atoms with Crippen molar-refractivity contribution in [2.45, 2.75) is 0 Å². The molecule has 174 valence electrons. The van der Waals surface area contributed by atoms with Crippen molar-refractivity contribution in [2.75, 3.05) is 30.2 Å². The predicted octanol–water partition coefficient (Wildman–Crippen LogP) is 6.99. The highest BCUT2D eigenvalue weighted by Crippen LogP contribution is 2.33. The number of para-hydroxylation sites is 1. The number of fused-ring (bicyclic) bond motifs is 1. The molecule has 0 bridgehead atoms. The highest BCUT2D eigenvalue weighted by atomic mass is 35.5. The van der Waals surface area contributed by atoms with Gasteiger partial charge >= 0.3 is 6.03 Å². The molecule has 0 radical (unpaired) electrons. The van der Waals surface area contributed by atoms with E-state index in [1.807, 2.05) is 18.2 Å². The van der Waals surface area contributed by atoms with Crippen molar-refractivity contribution in [1.82, 2.24) is 9.97 Å². The van der Waals surface area contributed by atoms with Crippen LogP contribution in [0.3, 0.4) is 0 Å². The Morgan fingerprint density at radius 1 is 0.824 bits per heavy atom. The number of hydrogen-bond donors (Lipinski definition) is 3. The minimum Gasteiger partial charge on any atom is -0.497 e. The molecular weight excluding hydrogens is 501 g/mol. The molecule has 0 atom stereocenters. The number of carbonyl (C=O) groups excluding carboxylic acids is 1. The number of anilines is 4. The van der Waals surface area contributed by atoms with Crippen molar-refractivity contribution in [3.63, 3.8) is 0 Å². The third kappa shape index (κ3) is 5.20. The normalized spacial score (nSPS) is 10.6. The summed E-state index contributed by atoms with van der Waals surface area (Å²) in [6.45, 7) is 0. The fraction of sp³-hybridized carbons (Fsp3) is 0.0870. The number of nitrogens with zero attached hydrogens (tertiary/aromatic N) is 2. The summed E-state index contributed by atoms with van der Waals surface area (Å²) in [4.78, 5) is 21.3. The molecule has 4 rings (SSSR count). The Kier molecular flexibility index (Phi) is 7.12. The average molecular weight is 519 g/mol. The van der Waals surface area contributed by atoms with Gasteiger partial charge in [-0.1, -0.05) is 40.9 Å². The third-order valence-corrected chi connectivity index (χ3v) is 5.82. The van der Waals surface area contributed by atoms with Crippen molar-refractivity contribution in [3.8, 4) is 11.5 Å². The van der Waals surface area contributed by atoms with Gasteiger partial charge in [0.05, 0.1) is 46.2 Å². The standard InChI is InChI=1S/C23H18Cl3N5O3/c1-33-13-6-12(7-14(8-13)34-2)29-22-15-4-3-5-19(21(15)27-11-28-22)30-23(32)31-20-10-17(25)16(24)9-18(20)26/h3-11H,1-2H3,(H,27,28,29)(H2,30,31,32). The number of nitrogens with one attached hydrogen (secondary N) is 3. The first-order chi connectivity index (χ1) is 16.4. The number of benzene rings is 3. The van der Waals surface area contributed by atoms with E-state index in [-0.39, 0.29) is 15.1 Å². The van der Waals surface area contributed by atoms with E-state index >= 15 is 0 Å². The minimum atomic E-state index is -0.529. The maximum absolute atomic E-state index is 12.6. The second-order valence-corrected chi connectivity index (χ2v) is 8.20. The zero-order valence-corrected chi connectivity index (χ0v) is 20.2.